The molecular weight excluding hydrogens is 472 g/mol. The number of rotatable bonds is 13. The minimum atomic E-state index is -1.07. The molecule has 10 heteroatoms. The Morgan fingerprint density at radius 2 is 1.54 bits per heavy atom. The van der Waals surface area contributed by atoms with Crippen molar-refractivity contribution in [2.75, 3.05) is 19.7 Å². The molecule has 1 aliphatic carbocycles. The number of aryl methyl sites for hydroxylation is 2. The van der Waals surface area contributed by atoms with Gasteiger partial charge in [-0.25, -0.2) is 9.59 Å². The van der Waals surface area contributed by atoms with Crippen LogP contribution < -0.4 is 10.6 Å². The third-order valence-corrected chi connectivity index (χ3v) is 6.40. The van der Waals surface area contributed by atoms with E-state index in [9.17, 15) is 14.7 Å². The molecule has 3 aromatic rings. The van der Waals surface area contributed by atoms with Gasteiger partial charge in [0.25, 0.3) is 0 Å². The Morgan fingerprint density at radius 3 is 2.19 bits per heavy atom. The summed E-state index contributed by atoms with van der Waals surface area (Å²) in [5, 5.41) is 31.1. The van der Waals surface area contributed by atoms with Crippen molar-refractivity contribution in [3.8, 4) is 11.1 Å². The van der Waals surface area contributed by atoms with Gasteiger partial charge in [0.05, 0.1) is 0 Å². The van der Waals surface area contributed by atoms with Crippen molar-refractivity contribution < 1.29 is 19.4 Å². The molecule has 1 aromatic heterocycles. The predicted octanol–water partition coefficient (Wildman–Crippen LogP) is 3.26. The molecule has 0 spiro atoms. The van der Waals surface area contributed by atoms with Crippen LogP contribution in [0.2, 0.25) is 0 Å². The van der Waals surface area contributed by atoms with Crippen LogP contribution in [-0.2, 0) is 16.0 Å². The van der Waals surface area contributed by atoms with Crippen LogP contribution >= 0.6 is 0 Å². The van der Waals surface area contributed by atoms with Crippen molar-refractivity contribution in [1.29, 1.82) is 0 Å². The highest BCUT2D eigenvalue weighted by atomic mass is 16.5. The van der Waals surface area contributed by atoms with E-state index in [4.69, 9.17) is 4.74 Å². The van der Waals surface area contributed by atoms with Gasteiger partial charge in [-0.05, 0) is 68.0 Å². The number of fused-ring (bicyclic) bond motifs is 3. The first-order chi connectivity index (χ1) is 18.0. The number of nitrogens with one attached hydrogen (secondary N) is 2. The van der Waals surface area contributed by atoms with E-state index in [1.165, 1.54) is 0 Å². The molecule has 37 heavy (non-hydrogen) atoms. The van der Waals surface area contributed by atoms with Gasteiger partial charge in [0.2, 0.25) is 0 Å². The molecule has 1 heterocycles. The van der Waals surface area contributed by atoms with E-state index in [1.54, 1.807) is 6.92 Å². The Balaban J connectivity index is 1.15. The minimum absolute atomic E-state index is 0.0717. The Morgan fingerprint density at radius 1 is 0.919 bits per heavy atom. The first-order valence-corrected chi connectivity index (χ1v) is 12.6. The molecule has 0 bridgehead atoms. The molecule has 1 unspecified atom stereocenters. The maximum absolute atomic E-state index is 12.5. The molecule has 3 N–H and O–H groups in total. The molecule has 10 nitrogen and oxygen atoms in total. The van der Waals surface area contributed by atoms with Gasteiger partial charge >= 0.3 is 12.1 Å². The molecule has 1 aliphatic rings. The lowest BCUT2D eigenvalue weighted by Crippen LogP contribution is -2.41. The summed E-state index contributed by atoms with van der Waals surface area (Å²) in [6.45, 7) is 3.43. The molecule has 0 saturated carbocycles. The van der Waals surface area contributed by atoms with Gasteiger partial charge < -0.3 is 20.5 Å². The Bertz CT molecular complexity index is 1160. The standard InChI is InChI=1S/C27H32N6O4/c1-18-30-32-25(33-31-18)14-8-16-28-15-7-6-13-24(26(34)35)29-27(36)37-17-23-21-11-4-2-9-19(21)20-10-3-5-12-22(20)23/h2-5,9-12,23-24,28H,6-8,13-17H2,1H3,(H,29,36)(H,34,35). The number of ether oxygens (including phenoxy) is 1. The molecule has 0 radical (unpaired) electrons. The largest absolute Gasteiger partial charge is 0.480 e. The van der Waals surface area contributed by atoms with Gasteiger partial charge in [-0.2, -0.15) is 0 Å². The molecule has 194 valence electrons. The van der Waals surface area contributed by atoms with Gasteiger partial charge in [-0.3, -0.25) is 0 Å². The number of alkyl carbamates (subject to hydrolysis) is 1. The third-order valence-electron chi connectivity index (χ3n) is 6.40. The maximum atomic E-state index is 12.5. The Hall–Kier alpha value is -3.92. The monoisotopic (exact) mass is 504 g/mol. The maximum Gasteiger partial charge on any atom is 0.407 e. The Labute approximate surface area is 215 Å². The molecule has 1 amide bonds. The van der Waals surface area contributed by atoms with Gasteiger partial charge in [0, 0.05) is 12.3 Å². The van der Waals surface area contributed by atoms with Crippen LogP contribution in [0.15, 0.2) is 48.5 Å². The Kier molecular flexibility index (Phi) is 9.09. The van der Waals surface area contributed by atoms with Crippen LogP contribution in [0, 0.1) is 6.92 Å². The summed E-state index contributed by atoms with van der Waals surface area (Å²) in [6.07, 6.45) is 2.61. The van der Waals surface area contributed by atoms with Gasteiger partial charge in [-0.15, -0.1) is 20.4 Å². The van der Waals surface area contributed by atoms with Crippen molar-refractivity contribution in [1.82, 2.24) is 31.0 Å². The first kappa shape index (κ1) is 26.2. The van der Waals surface area contributed by atoms with Crippen molar-refractivity contribution in [2.45, 2.75) is 51.0 Å². The summed E-state index contributed by atoms with van der Waals surface area (Å²) in [5.74, 6) is 0.0325. The van der Waals surface area contributed by atoms with Gasteiger partial charge in [-0.1, -0.05) is 48.5 Å². The lowest BCUT2D eigenvalue weighted by atomic mass is 9.98. The van der Waals surface area contributed by atoms with Crippen molar-refractivity contribution in [3.63, 3.8) is 0 Å². The smallest absolute Gasteiger partial charge is 0.407 e. The number of aromatic nitrogens is 4. The summed E-state index contributed by atoms with van der Waals surface area (Å²) in [6, 6.07) is 15.2. The summed E-state index contributed by atoms with van der Waals surface area (Å²) >= 11 is 0. The summed E-state index contributed by atoms with van der Waals surface area (Å²) in [5.41, 5.74) is 4.50. The number of hydrogen-bond donors (Lipinski definition) is 3. The number of carboxylic acid groups (broad SMARTS) is 1. The van der Waals surface area contributed by atoms with Crippen LogP contribution in [0.1, 0.15) is 54.4 Å². The fourth-order valence-electron chi connectivity index (χ4n) is 4.53. The molecule has 0 aliphatic heterocycles. The van der Waals surface area contributed by atoms with E-state index in [2.05, 4.69) is 43.2 Å². The van der Waals surface area contributed by atoms with Crippen molar-refractivity contribution in [2.24, 2.45) is 0 Å². The fraction of sp³-hybridized carbons (Fsp3) is 0.407. The van der Waals surface area contributed by atoms with E-state index < -0.39 is 18.1 Å². The normalized spacial score (nSPS) is 13.0. The highest BCUT2D eigenvalue weighted by Crippen LogP contribution is 2.44. The van der Waals surface area contributed by atoms with E-state index in [1.807, 2.05) is 36.4 Å². The van der Waals surface area contributed by atoms with E-state index in [0.29, 0.717) is 30.9 Å². The molecule has 0 saturated heterocycles. The van der Waals surface area contributed by atoms with Crippen LogP contribution in [-0.4, -0.2) is 63.3 Å². The quantitative estimate of drug-likeness (QED) is 0.299. The zero-order valence-corrected chi connectivity index (χ0v) is 20.9. The lowest BCUT2D eigenvalue weighted by Gasteiger charge is -2.17. The zero-order chi connectivity index (χ0) is 26.0. The number of carboxylic acids is 1. The number of nitrogens with zero attached hydrogens (tertiary/aromatic N) is 4. The van der Waals surface area contributed by atoms with E-state index in [0.717, 1.165) is 48.2 Å². The number of amides is 1. The van der Waals surface area contributed by atoms with Crippen LogP contribution in [0.5, 0.6) is 0 Å². The number of carbonyl (C=O) groups is 2. The van der Waals surface area contributed by atoms with Crippen LogP contribution in [0.25, 0.3) is 11.1 Å². The molecule has 2 aromatic carbocycles. The topological polar surface area (TPSA) is 139 Å². The number of aliphatic carboxylic acids is 1. The van der Waals surface area contributed by atoms with Gasteiger partial charge in [0.15, 0.2) is 11.6 Å². The second-order valence-corrected chi connectivity index (χ2v) is 9.07. The van der Waals surface area contributed by atoms with Gasteiger partial charge in [0.1, 0.15) is 12.6 Å². The molecule has 0 fully saturated rings. The SMILES string of the molecule is Cc1nnc(CCCNCCCCC(NC(=O)OCC2c3ccccc3-c3ccccc32)C(=O)O)nn1. The second-order valence-electron chi connectivity index (χ2n) is 9.07. The first-order valence-electron chi connectivity index (χ1n) is 12.6. The minimum Gasteiger partial charge on any atom is -0.480 e. The van der Waals surface area contributed by atoms with E-state index in [-0.39, 0.29) is 12.5 Å². The van der Waals surface area contributed by atoms with Crippen molar-refractivity contribution in [3.05, 3.63) is 71.3 Å². The number of benzene rings is 2. The van der Waals surface area contributed by atoms with Crippen LogP contribution in [0.3, 0.4) is 0 Å². The van der Waals surface area contributed by atoms with Crippen LogP contribution in [0.4, 0.5) is 4.79 Å². The average molecular weight is 505 g/mol. The third kappa shape index (κ3) is 7.07. The second kappa shape index (κ2) is 12.9. The average Bonchev–Trinajstić information content (AvgIpc) is 3.23. The molecule has 4 rings (SSSR count). The number of carbonyl (C=O) groups excluding carboxylic acids is 1. The summed E-state index contributed by atoms with van der Waals surface area (Å²) in [4.78, 5) is 24.1. The molecule has 1 atom stereocenters. The molecular formula is C27H32N6O4. The predicted molar refractivity (Wildman–Crippen MR) is 137 cm³/mol. The summed E-state index contributed by atoms with van der Waals surface area (Å²) < 4.78 is 5.49. The lowest BCUT2D eigenvalue weighted by molar-refractivity contribution is -0.139. The highest BCUT2D eigenvalue weighted by Gasteiger charge is 2.29. The summed E-state index contributed by atoms with van der Waals surface area (Å²) in [7, 11) is 0. The zero-order valence-electron chi connectivity index (χ0n) is 20.9. The van der Waals surface area contributed by atoms with Crippen molar-refractivity contribution >= 4 is 12.1 Å². The highest BCUT2D eigenvalue weighted by molar-refractivity contribution is 5.81. The number of unbranched alkanes of at least 4 members (excludes halogenated alkanes) is 1. The number of hydrogen-bond acceptors (Lipinski definition) is 8. The fourth-order valence-corrected chi connectivity index (χ4v) is 4.53. The van der Waals surface area contributed by atoms with E-state index >= 15 is 0 Å².